The van der Waals surface area contributed by atoms with Crippen LogP contribution in [0.1, 0.15) is 361 Å². The largest absolute Gasteiger partial charge is 0.393 e. The highest BCUT2D eigenvalue weighted by molar-refractivity contribution is 6.02. The minimum atomic E-state index is -1.70. The first-order valence-electron chi connectivity index (χ1n) is 51.0. The molecule has 21 atom stereocenters. The molecule has 0 radical (unpaired) electrons. The Hall–Kier alpha value is -5.42. The van der Waals surface area contributed by atoms with Gasteiger partial charge in [0, 0.05) is 43.7 Å². The fourth-order valence-corrected chi connectivity index (χ4v) is 25.6. The number of allylic oxidation sites excluding steroid dienone is 23. The summed E-state index contributed by atoms with van der Waals surface area (Å²) in [6.07, 6.45) is 63.2. The maximum Gasteiger partial charge on any atom is 0.193 e. The quantitative estimate of drug-likeness (QED) is 0.0198. The van der Waals surface area contributed by atoms with E-state index in [4.69, 9.17) is 11.1 Å². The normalized spacial score (nSPS) is 35.5. The van der Waals surface area contributed by atoms with E-state index in [2.05, 4.69) is 149 Å². The van der Waals surface area contributed by atoms with Gasteiger partial charge in [-0.25, -0.2) is 17.6 Å². The van der Waals surface area contributed by atoms with Crippen molar-refractivity contribution in [2.24, 2.45) is 80.7 Å². The Morgan fingerprint density at radius 3 is 1.34 bits per heavy atom. The molecular formula is C114H174F4N2O8. The van der Waals surface area contributed by atoms with Crippen LogP contribution in [-0.2, 0) is 4.79 Å². The van der Waals surface area contributed by atoms with E-state index >= 15 is 0 Å². The molecule has 9 saturated carbocycles. The number of carbonyl (C=O) groups excluding carboxylic acids is 1. The van der Waals surface area contributed by atoms with Crippen molar-refractivity contribution in [3.8, 4) is 0 Å². The fourth-order valence-electron chi connectivity index (χ4n) is 25.6. The number of fused-ring (bicyclic) bond motifs is 4. The van der Waals surface area contributed by atoms with Crippen molar-refractivity contribution >= 4 is 11.5 Å². The third kappa shape index (κ3) is 25.8. The topological polar surface area (TPSA) is 209 Å². The van der Waals surface area contributed by atoms with Crippen molar-refractivity contribution in [1.82, 2.24) is 0 Å². The van der Waals surface area contributed by atoms with E-state index < -0.39 is 71.2 Å². The van der Waals surface area contributed by atoms with Crippen LogP contribution in [0, 0.1) is 80.3 Å². The summed E-state index contributed by atoms with van der Waals surface area (Å²) < 4.78 is 55.8. The average molecular weight is 1780 g/mol. The van der Waals surface area contributed by atoms with E-state index in [1.54, 1.807) is 17.2 Å². The number of nitrogens with one attached hydrogen (secondary N) is 1. The minimum Gasteiger partial charge on any atom is -0.393 e. The molecule has 0 heterocycles. The first kappa shape index (κ1) is 106. The summed E-state index contributed by atoms with van der Waals surface area (Å²) in [5.41, 5.74) is 19.1. The number of aliphatic hydroxyl groups is 7. The van der Waals surface area contributed by atoms with E-state index in [1.165, 1.54) is 79.2 Å². The van der Waals surface area contributed by atoms with Gasteiger partial charge >= 0.3 is 0 Å². The second kappa shape index (κ2) is 46.7. The smallest absolute Gasteiger partial charge is 0.193 e. The molecule has 10 nitrogen and oxygen atoms in total. The van der Waals surface area contributed by atoms with Crippen LogP contribution in [0.3, 0.4) is 0 Å². The number of nitrogens with two attached hydrogens (primary N) is 1. The van der Waals surface area contributed by atoms with Gasteiger partial charge in [-0.05, 0) is 315 Å². The second-order valence-corrected chi connectivity index (χ2v) is 43.0. The molecule has 0 spiro atoms. The highest BCUT2D eigenvalue weighted by Gasteiger charge is 2.53. The Balaban J connectivity index is 0.000000193. The minimum absolute atomic E-state index is 0.0275. The lowest BCUT2D eigenvalue weighted by Gasteiger charge is -2.44. The predicted octanol–water partition coefficient (Wildman–Crippen LogP) is 27.4. The van der Waals surface area contributed by atoms with Crippen LogP contribution in [0.4, 0.5) is 17.6 Å². The van der Waals surface area contributed by atoms with Crippen LogP contribution < -0.4 is 5.73 Å². The number of alkyl halides is 4. The molecule has 21 unspecified atom stereocenters. The van der Waals surface area contributed by atoms with Crippen molar-refractivity contribution in [2.45, 2.75) is 433 Å². The summed E-state index contributed by atoms with van der Waals surface area (Å²) in [5, 5.41) is 80.4. The Kier molecular flexibility index (Phi) is 38.8. The van der Waals surface area contributed by atoms with E-state index in [9.17, 15) is 58.1 Å². The molecule has 716 valence electrons. The number of ketones is 1. The van der Waals surface area contributed by atoms with Gasteiger partial charge in [-0.15, -0.1) is 0 Å². The first-order chi connectivity index (χ1) is 60.5. The van der Waals surface area contributed by atoms with Gasteiger partial charge in [0.15, 0.2) is 12.0 Å². The summed E-state index contributed by atoms with van der Waals surface area (Å²) in [4.78, 5) is 12.1. The molecule has 12 aliphatic carbocycles. The number of halogens is 4. The fraction of sp³-hybridized carbons (Fsp3) is 0.702. The molecule has 0 bridgehead atoms. The van der Waals surface area contributed by atoms with Crippen molar-refractivity contribution in [3.05, 3.63) is 189 Å². The standard InChI is InChI=1S/C29H44FNO.C29H46O3.C28H40F2O2.C28H44FNO2/c1-6-29(32,7-2)17-8-10-20(3)25-14-15-26-22(11-9-16-28(25,26)5)12-13-23-18-24(31)19-27(30)21(23)4;1-6-29(32,7-2)17-8-10-20(3)25-14-15-26-22(11-9-16-28(25,26)5)12-13-23-18-24(30)19-27(31)21(23)4;1-5-28(32,6-2)16-7-9-19(3)23-13-14-24-20(10-8-15-27(23,24)4)11-12-21-17-22(29)18-25(30)26(21)31;1-5-28(32,6-2)16-7-9-19(3)23-13-14-24-20(10-8-15-27(23,24)4)11-12-21-17-22(31)18-25(29)26(21)30/h8,12-14,17,20,24,26-27,32H,4,6-7,9-11,15-16,18-19,31H2,1-3,5H3;12-14,20,24,26-27,30-32H,4,6-11,15-19H2,1-3,5H3;7,11-13,16,19,22,24-25,32H,5-6,8-10,14-15,17-18H2,1-4H3;7,11-12,16,19,22-25,30-32H,5-6,8-10,13-15,17-18H2,1-4H3/b17-8+,22-12+,23-13-;22-12+,23-13-;16-7+,20-11+,21-12-;16-7+,20-11+,21-12-,30-26?. The van der Waals surface area contributed by atoms with Gasteiger partial charge in [0.25, 0.3) is 0 Å². The Bertz CT molecular complexity index is 4010. The molecule has 14 heteroatoms. The lowest BCUT2D eigenvalue weighted by atomic mass is 9.61. The number of hydrogen-bond acceptors (Lipinski definition) is 10. The zero-order chi connectivity index (χ0) is 94.1. The molecule has 12 rings (SSSR count). The zero-order valence-electron chi connectivity index (χ0n) is 82.2. The van der Waals surface area contributed by atoms with Gasteiger partial charge in [0.2, 0.25) is 0 Å². The lowest BCUT2D eigenvalue weighted by molar-refractivity contribution is -0.122. The molecule has 0 saturated heterocycles. The molecule has 0 aromatic rings. The van der Waals surface area contributed by atoms with Crippen molar-refractivity contribution < 1.29 is 58.1 Å². The molecule has 9 fully saturated rings. The monoisotopic (exact) mass is 1780 g/mol. The predicted molar refractivity (Wildman–Crippen MR) is 525 cm³/mol. The third-order valence-electron chi connectivity index (χ3n) is 34.8. The highest BCUT2D eigenvalue weighted by Crippen LogP contribution is 2.63. The van der Waals surface area contributed by atoms with Crippen LogP contribution in [0.25, 0.3) is 0 Å². The molecule has 0 aromatic carbocycles. The Morgan fingerprint density at radius 2 is 0.883 bits per heavy atom. The average Bonchev–Trinajstić information content (AvgIpc) is 1.61. The number of hydrogen-bond donors (Lipinski definition) is 9. The summed E-state index contributed by atoms with van der Waals surface area (Å²) in [6.45, 7) is 43.5. The lowest BCUT2D eigenvalue weighted by Crippen LogP contribution is -2.36. The van der Waals surface area contributed by atoms with Crippen molar-refractivity contribution in [1.29, 1.82) is 5.41 Å². The van der Waals surface area contributed by atoms with Crippen molar-refractivity contribution in [2.75, 3.05) is 0 Å². The number of Topliss-reactive ketones (excluding diaryl/α,β-unsaturated/α-hetero) is 1. The summed E-state index contributed by atoms with van der Waals surface area (Å²) in [6, 6.07) is -0.108. The molecule has 0 amide bonds. The van der Waals surface area contributed by atoms with Crippen LogP contribution in [0.5, 0.6) is 0 Å². The molecule has 128 heavy (non-hydrogen) atoms. The number of carbonyl (C=O) groups is 1. The van der Waals surface area contributed by atoms with Crippen LogP contribution in [0.15, 0.2) is 189 Å². The third-order valence-corrected chi connectivity index (χ3v) is 34.8. The molecular weight excluding hydrogens is 1600 g/mol. The second-order valence-electron chi connectivity index (χ2n) is 43.0. The van der Waals surface area contributed by atoms with E-state index in [0.29, 0.717) is 95.7 Å². The SMILES string of the molecule is C=C1/C(=C\C=C2/CCCC3(C)C(C(C)C/C=C/C(O)(CC)CC)=CCC23)CC(N)CC1F.C=C1/C(=C\C=C2/CCCC3(C)C(C(C)CCCC(O)(CC)CC)=CCC23)CC(O)CC1O.CCC(O)(/C=C/CC(C)C1=CCC2/C(=C/C=C3/CC(F)CC(F)C3=O)CCCC12C)CC.CCC(O)(/C=C/CC(C)C1CCC2/C(=C/C=C3/CC(O)CC(F)C3=N)CCCC21C)CC. The molecule has 12 aliphatic rings. The van der Waals surface area contributed by atoms with Crippen LogP contribution in [0.2, 0.25) is 0 Å². The van der Waals surface area contributed by atoms with E-state index in [1.807, 2.05) is 71.9 Å². The van der Waals surface area contributed by atoms with Gasteiger partial charge in [0.05, 0.1) is 46.4 Å². The molecule has 0 aromatic heterocycles. The molecule has 10 N–H and O–H groups in total. The van der Waals surface area contributed by atoms with Crippen molar-refractivity contribution in [3.63, 3.8) is 0 Å². The first-order valence-corrected chi connectivity index (χ1v) is 51.0. The highest BCUT2D eigenvalue weighted by atomic mass is 19.2. The number of rotatable bonds is 29. The van der Waals surface area contributed by atoms with E-state index in [-0.39, 0.29) is 52.7 Å². The van der Waals surface area contributed by atoms with Gasteiger partial charge in [-0.3, -0.25) is 4.79 Å². The van der Waals surface area contributed by atoms with Crippen LogP contribution >= 0.6 is 0 Å². The van der Waals surface area contributed by atoms with Gasteiger partial charge in [-0.1, -0.05) is 273 Å². The summed E-state index contributed by atoms with van der Waals surface area (Å²) >= 11 is 0. The number of aliphatic hydroxyl groups excluding tert-OH is 3. The molecule has 0 aliphatic heterocycles. The zero-order valence-corrected chi connectivity index (χ0v) is 82.2. The maximum absolute atomic E-state index is 14.2. The Labute approximate surface area is 772 Å². The van der Waals surface area contributed by atoms with Gasteiger partial charge in [-0.2, -0.15) is 0 Å². The van der Waals surface area contributed by atoms with E-state index in [0.717, 1.165) is 171 Å². The summed E-state index contributed by atoms with van der Waals surface area (Å²) in [5.74, 6) is 4.15. The maximum atomic E-state index is 14.2. The van der Waals surface area contributed by atoms with Crippen LogP contribution in [-0.4, -0.2) is 119 Å². The van der Waals surface area contributed by atoms with Gasteiger partial charge in [0.1, 0.15) is 18.5 Å². The van der Waals surface area contributed by atoms with Gasteiger partial charge < -0.3 is 46.9 Å². The Morgan fingerprint density at radius 1 is 0.477 bits per heavy atom. The summed E-state index contributed by atoms with van der Waals surface area (Å²) in [7, 11) is 0.